The molecule has 2 aliphatic heterocycles. The fourth-order valence-electron chi connectivity index (χ4n) is 4.09. The van der Waals surface area contributed by atoms with E-state index in [9.17, 15) is 0 Å². The van der Waals surface area contributed by atoms with Crippen LogP contribution in [0.2, 0.25) is 0 Å². The molecule has 0 bridgehead atoms. The van der Waals surface area contributed by atoms with E-state index in [0.29, 0.717) is 0 Å². The van der Waals surface area contributed by atoms with Crippen molar-refractivity contribution < 1.29 is 0 Å². The molecule has 1 N–H and O–H groups in total. The molecule has 3 rings (SSSR count). The van der Waals surface area contributed by atoms with Crippen molar-refractivity contribution in [2.45, 2.75) is 70.5 Å². The molecule has 0 amide bonds. The van der Waals surface area contributed by atoms with E-state index in [1.807, 2.05) is 0 Å². The van der Waals surface area contributed by atoms with Crippen LogP contribution in [-0.4, -0.2) is 36.1 Å². The summed E-state index contributed by atoms with van der Waals surface area (Å²) in [5, 5.41) is 3.96. The summed E-state index contributed by atoms with van der Waals surface area (Å²) in [4.78, 5) is 2.74. The summed E-state index contributed by atoms with van der Waals surface area (Å²) in [7, 11) is 0. The molecule has 0 radical (unpaired) electrons. The molecule has 1 aliphatic carbocycles. The minimum absolute atomic E-state index is 0.813. The number of nitrogens with one attached hydrogen (secondary N) is 1. The molecule has 2 unspecified atom stereocenters. The molecule has 98 valence electrons. The van der Waals surface area contributed by atoms with Crippen LogP contribution in [0.3, 0.4) is 0 Å². The van der Waals surface area contributed by atoms with Gasteiger partial charge in [0, 0.05) is 24.7 Å². The number of rotatable bonds is 3. The number of nitrogens with zero attached hydrogens (tertiary/aromatic N) is 1. The molecule has 1 saturated carbocycles. The summed E-state index contributed by atoms with van der Waals surface area (Å²) < 4.78 is 0. The van der Waals surface area contributed by atoms with Crippen molar-refractivity contribution in [3.8, 4) is 0 Å². The molecule has 2 nitrogen and oxygen atoms in total. The Morgan fingerprint density at radius 2 is 1.88 bits per heavy atom. The van der Waals surface area contributed by atoms with Gasteiger partial charge in [0.15, 0.2) is 0 Å². The van der Waals surface area contributed by atoms with Crippen molar-refractivity contribution in [1.82, 2.24) is 10.2 Å². The third-order valence-corrected chi connectivity index (χ3v) is 5.42. The molecule has 3 fully saturated rings. The Kier molecular flexibility index (Phi) is 3.45. The van der Waals surface area contributed by atoms with E-state index in [-0.39, 0.29) is 0 Å². The van der Waals surface area contributed by atoms with Crippen molar-refractivity contribution in [3.63, 3.8) is 0 Å². The van der Waals surface area contributed by atoms with Crippen molar-refractivity contribution in [3.05, 3.63) is 0 Å². The second-order valence-electron chi connectivity index (χ2n) is 6.83. The summed E-state index contributed by atoms with van der Waals surface area (Å²) in [6.45, 7) is 7.46. The first-order valence-electron chi connectivity index (χ1n) is 7.74. The average Bonchev–Trinajstić information content (AvgIpc) is 2.65. The first-order valence-corrected chi connectivity index (χ1v) is 7.74. The van der Waals surface area contributed by atoms with Crippen LogP contribution in [0.1, 0.15) is 52.4 Å². The minimum Gasteiger partial charge on any atom is -0.310 e. The zero-order valence-electron chi connectivity index (χ0n) is 11.5. The molecular weight excluding hydrogens is 208 g/mol. The van der Waals surface area contributed by atoms with Crippen LogP contribution in [-0.2, 0) is 0 Å². The lowest BCUT2D eigenvalue weighted by Gasteiger charge is -2.42. The summed E-state index contributed by atoms with van der Waals surface area (Å²) in [5.74, 6) is 1.89. The quantitative estimate of drug-likeness (QED) is 0.810. The molecule has 0 spiro atoms. The minimum atomic E-state index is 0.813. The normalized spacial score (nSPS) is 42.5. The summed E-state index contributed by atoms with van der Waals surface area (Å²) in [6, 6.07) is 2.53. The Balaban J connectivity index is 1.47. The standard InChI is InChI=1S/C15H28N2/c1-11(2)12-9-13(10-12)16-14-6-8-17-7-4-3-5-15(14)17/h11-16H,3-10H2,1-2H3. The summed E-state index contributed by atoms with van der Waals surface area (Å²) in [5.41, 5.74) is 0. The van der Waals surface area contributed by atoms with Crippen LogP contribution in [0, 0.1) is 11.8 Å². The first-order chi connectivity index (χ1) is 8.24. The second kappa shape index (κ2) is 4.89. The van der Waals surface area contributed by atoms with Gasteiger partial charge in [-0.3, -0.25) is 4.90 Å². The zero-order valence-corrected chi connectivity index (χ0v) is 11.5. The van der Waals surface area contributed by atoms with Gasteiger partial charge in [-0.05, 0) is 50.5 Å². The van der Waals surface area contributed by atoms with Crippen LogP contribution >= 0.6 is 0 Å². The maximum absolute atomic E-state index is 3.96. The van der Waals surface area contributed by atoms with Gasteiger partial charge >= 0.3 is 0 Å². The van der Waals surface area contributed by atoms with Gasteiger partial charge in [-0.25, -0.2) is 0 Å². The molecule has 2 heteroatoms. The number of hydrogen-bond acceptors (Lipinski definition) is 2. The van der Waals surface area contributed by atoms with E-state index in [2.05, 4.69) is 24.1 Å². The maximum Gasteiger partial charge on any atom is 0.0249 e. The Morgan fingerprint density at radius 1 is 1.06 bits per heavy atom. The zero-order chi connectivity index (χ0) is 11.8. The molecule has 0 aromatic heterocycles. The van der Waals surface area contributed by atoms with Gasteiger partial charge in [0.2, 0.25) is 0 Å². The molecule has 2 heterocycles. The lowest BCUT2D eigenvalue weighted by Crippen LogP contribution is -2.52. The molecule has 0 aromatic carbocycles. The van der Waals surface area contributed by atoms with Crippen molar-refractivity contribution in [2.24, 2.45) is 11.8 Å². The van der Waals surface area contributed by atoms with Gasteiger partial charge in [-0.2, -0.15) is 0 Å². The van der Waals surface area contributed by atoms with Crippen LogP contribution in [0.15, 0.2) is 0 Å². The van der Waals surface area contributed by atoms with Crippen LogP contribution < -0.4 is 5.32 Å². The van der Waals surface area contributed by atoms with Crippen LogP contribution in [0.5, 0.6) is 0 Å². The molecular formula is C15H28N2. The smallest absolute Gasteiger partial charge is 0.0249 e. The monoisotopic (exact) mass is 236 g/mol. The molecule has 17 heavy (non-hydrogen) atoms. The van der Waals surface area contributed by atoms with E-state index in [1.165, 1.54) is 51.6 Å². The Hall–Kier alpha value is -0.0800. The fraction of sp³-hybridized carbons (Fsp3) is 1.00. The summed E-state index contributed by atoms with van der Waals surface area (Å²) >= 11 is 0. The van der Waals surface area contributed by atoms with E-state index >= 15 is 0 Å². The second-order valence-corrected chi connectivity index (χ2v) is 6.83. The van der Waals surface area contributed by atoms with Crippen molar-refractivity contribution in [2.75, 3.05) is 13.1 Å². The van der Waals surface area contributed by atoms with Gasteiger partial charge in [0.1, 0.15) is 0 Å². The average molecular weight is 236 g/mol. The number of hydrogen-bond donors (Lipinski definition) is 1. The highest BCUT2D eigenvalue weighted by Crippen LogP contribution is 2.35. The van der Waals surface area contributed by atoms with Gasteiger partial charge in [-0.15, -0.1) is 0 Å². The fourth-order valence-corrected chi connectivity index (χ4v) is 4.09. The van der Waals surface area contributed by atoms with Crippen LogP contribution in [0.25, 0.3) is 0 Å². The van der Waals surface area contributed by atoms with E-state index in [4.69, 9.17) is 0 Å². The predicted octanol–water partition coefficient (Wildman–Crippen LogP) is 2.64. The van der Waals surface area contributed by atoms with E-state index < -0.39 is 0 Å². The Bertz CT molecular complexity index is 258. The van der Waals surface area contributed by atoms with Gasteiger partial charge in [0.05, 0.1) is 0 Å². The topological polar surface area (TPSA) is 15.3 Å². The largest absolute Gasteiger partial charge is 0.310 e. The van der Waals surface area contributed by atoms with Gasteiger partial charge < -0.3 is 5.32 Å². The predicted molar refractivity (Wildman–Crippen MR) is 72.1 cm³/mol. The van der Waals surface area contributed by atoms with Crippen molar-refractivity contribution in [1.29, 1.82) is 0 Å². The highest BCUT2D eigenvalue weighted by atomic mass is 15.2. The van der Waals surface area contributed by atoms with Crippen LogP contribution in [0.4, 0.5) is 0 Å². The highest BCUT2D eigenvalue weighted by molar-refractivity contribution is 4.97. The summed E-state index contributed by atoms with van der Waals surface area (Å²) in [6.07, 6.45) is 8.59. The van der Waals surface area contributed by atoms with Gasteiger partial charge in [0.25, 0.3) is 0 Å². The number of piperidine rings is 1. The SMILES string of the molecule is CC(C)C1CC(NC2CCN3CCCCC23)C1. The lowest BCUT2D eigenvalue weighted by atomic mass is 9.73. The van der Waals surface area contributed by atoms with Crippen molar-refractivity contribution >= 4 is 0 Å². The maximum atomic E-state index is 3.96. The highest BCUT2D eigenvalue weighted by Gasteiger charge is 2.39. The third kappa shape index (κ3) is 2.39. The molecule has 0 aromatic rings. The number of fused-ring (bicyclic) bond motifs is 1. The lowest BCUT2D eigenvalue weighted by molar-refractivity contribution is 0.131. The van der Waals surface area contributed by atoms with E-state index in [0.717, 1.165) is 30.0 Å². The Labute approximate surface area is 106 Å². The third-order valence-electron chi connectivity index (χ3n) is 5.42. The molecule has 2 atom stereocenters. The van der Waals surface area contributed by atoms with E-state index in [1.54, 1.807) is 0 Å². The molecule has 3 aliphatic rings. The first kappa shape index (κ1) is 12.0. The van der Waals surface area contributed by atoms with Gasteiger partial charge in [-0.1, -0.05) is 20.3 Å². The molecule has 2 saturated heterocycles. The Morgan fingerprint density at radius 3 is 2.65 bits per heavy atom.